The van der Waals surface area contributed by atoms with Crippen molar-refractivity contribution in [1.82, 2.24) is 4.90 Å². The van der Waals surface area contributed by atoms with Gasteiger partial charge in [-0.3, -0.25) is 14.4 Å². The number of unbranched alkanes of at least 4 members (excludes halogenated alkanes) is 4. The third-order valence-corrected chi connectivity index (χ3v) is 6.82. The average molecular weight is 512 g/mol. The van der Waals surface area contributed by atoms with Gasteiger partial charge in [-0.05, 0) is 50.5 Å². The van der Waals surface area contributed by atoms with Crippen LogP contribution in [-0.2, 0) is 28.7 Å². The summed E-state index contributed by atoms with van der Waals surface area (Å²) in [6, 6.07) is -1.24. The molecule has 3 aliphatic rings. The maximum atomic E-state index is 13.6. The van der Waals surface area contributed by atoms with Crippen LogP contribution >= 0.6 is 0 Å². The minimum atomic E-state index is -1.70. The number of aliphatic carboxylic acids is 2. The van der Waals surface area contributed by atoms with Crippen molar-refractivity contribution >= 4 is 29.5 Å². The van der Waals surface area contributed by atoms with Crippen LogP contribution in [0.2, 0.25) is 0 Å². The molecule has 0 aromatic carbocycles. The number of carboxylic acid groups (broad SMARTS) is 2. The van der Waals surface area contributed by atoms with Crippen molar-refractivity contribution in [2.75, 3.05) is 0 Å². The normalized spacial score (nSPS) is 21.7. The number of carbonyl (C=O) groups excluding carboxylic acids is 3. The first-order valence-electron chi connectivity index (χ1n) is 12.6. The third kappa shape index (κ3) is 5.65. The van der Waals surface area contributed by atoms with Crippen molar-refractivity contribution in [3.63, 3.8) is 0 Å². The van der Waals surface area contributed by atoms with Gasteiger partial charge >= 0.3 is 17.9 Å². The highest BCUT2D eigenvalue weighted by molar-refractivity contribution is 6.25. The molecule has 0 bridgehead atoms. The summed E-state index contributed by atoms with van der Waals surface area (Å²) in [5.41, 5.74) is -0.597. The van der Waals surface area contributed by atoms with Crippen LogP contribution in [0, 0.1) is 0 Å². The van der Waals surface area contributed by atoms with E-state index in [1.165, 1.54) is 18.0 Å². The Bertz CT molecular complexity index is 1170. The zero-order valence-corrected chi connectivity index (χ0v) is 21.4. The summed E-state index contributed by atoms with van der Waals surface area (Å²) in [6.45, 7) is 5.28. The number of ketones is 2. The van der Waals surface area contributed by atoms with E-state index in [2.05, 4.69) is 6.92 Å². The number of hydrogen-bond acceptors (Lipinski definition) is 7. The molecule has 0 aromatic rings. The topological polar surface area (TPSA) is 138 Å². The molecule has 9 nitrogen and oxygen atoms in total. The van der Waals surface area contributed by atoms with Gasteiger partial charge in [0.2, 0.25) is 5.78 Å². The van der Waals surface area contributed by atoms with Crippen LogP contribution in [-0.4, -0.2) is 56.2 Å². The van der Waals surface area contributed by atoms with Gasteiger partial charge in [0.25, 0.3) is 0 Å². The minimum absolute atomic E-state index is 0.105. The summed E-state index contributed by atoms with van der Waals surface area (Å²) in [5, 5.41) is 18.9. The fourth-order valence-corrected chi connectivity index (χ4v) is 4.83. The summed E-state index contributed by atoms with van der Waals surface area (Å²) in [7, 11) is 0. The van der Waals surface area contributed by atoms with E-state index in [4.69, 9.17) is 9.84 Å². The Balaban J connectivity index is 2.02. The molecule has 9 heteroatoms. The molecular weight excluding hydrogens is 478 g/mol. The number of Topliss-reactive ketones (excluding diaryl/α,β-unsaturated/α-hetero) is 2. The molecule has 2 aliphatic heterocycles. The fraction of sp³-hybridized carbons (Fsp3) is 0.464. The standard InChI is InChI=1S/C28H33NO8/c1-4-6-7-8-9-11-22(30)24-20-15-17-14-18(10-5-2)29(21(26(34)35)12-13-23(31)32)16-19(17)25(33)28(20,3)37-27(24)36/h5,10,14-16,21H,4,6-9,11-13H2,1-3H3,(H,31,32)(H,34,35)/b10-5+. The molecule has 0 fully saturated rings. The Labute approximate surface area is 215 Å². The van der Waals surface area contributed by atoms with Gasteiger partial charge in [-0.25, -0.2) is 9.59 Å². The van der Waals surface area contributed by atoms with Crippen LogP contribution in [0.25, 0.3) is 0 Å². The predicted octanol–water partition coefficient (Wildman–Crippen LogP) is 4.01. The van der Waals surface area contributed by atoms with Crippen LogP contribution in [0.5, 0.6) is 0 Å². The molecular formula is C28H33NO8. The van der Waals surface area contributed by atoms with E-state index in [0.29, 0.717) is 17.7 Å². The maximum absolute atomic E-state index is 13.6. The number of nitrogens with zero attached hydrogens (tertiary/aromatic N) is 1. The minimum Gasteiger partial charge on any atom is -0.481 e. The van der Waals surface area contributed by atoms with Crippen molar-refractivity contribution in [2.24, 2.45) is 0 Å². The molecule has 2 atom stereocenters. The van der Waals surface area contributed by atoms with Crippen molar-refractivity contribution in [2.45, 2.75) is 83.8 Å². The van der Waals surface area contributed by atoms with Gasteiger partial charge in [0.15, 0.2) is 11.4 Å². The molecule has 0 saturated heterocycles. The Morgan fingerprint density at radius 3 is 2.41 bits per heavy atom. The number of carboxylic acids is 2. The Morgan fingerprint density at radius 1 is 1.08 bits per heavy atom. The number of hydrogen-bond donors (Lipinski definition) is 2. The van der Waals surface area contributed by atoms with Gasteiger partial charge in [0, 0.05) is 35.9 Å². The van der Waals surface area contributed by atoms with Crippen molar-refractivity contribution in [3.8, 4) is 0 Å². The van der Waals surface area contributed by atoms with Crippen LogP contribution < -0.4 is 0 Å². The molecule has 2 unspecified atom stereocenters. The molecule has 3 rings (SSSR count). The lowest BCUT2D eigenvalue weighted by molar-refractivity contribution is -0.153. The molecule has 0 saturated carbocycles. The highest BCUT2D eigenvalue weighted by Crippen LogP contribution is 2.45. The first kappa shape index (κ1) is 27.8. The molecule has 0 radical (unpaired) electrons. The highest BCUT2D eigenvalue weighted by Gasteiger charge is 2.54. The largest absolute Gasteiger partial charge is 0.481 e. The summed E-state index contributed by atoms with van der Waals surface area (Å²) in [5.74, 6) is -4.13. The van der Waals surface area contributed by atoms with Gasteiger partial charge in [-0.15, -0.1) is 0 Å². The van der Waals surface area contributed by atoms with E-state index in [1.807, 2.05) is 0 Å². The third-order valence-electron chi connectivity index (χ3n) is 6.82. The lowest BCUT2D eigenvalue weighted by atomic mass is 9.76. The zero-order valence-electron chi connectivity index (χ0n) is 21.4. The summed E-state index contributed by atoms with van der Waals surface area (Å²) < 4.78 is 5.47. The Kier molecular flexibility index (Phi) is 8.68. The molecule has 1 aliphatic carbocycles. The first-order valence-corrected chi connectivity index (χ1v) is 12.6. The van der Waals surface area contributed by atoms with Crippen LogP contribution in [0.4, 0.5) is 0 Å². The van der Waals surface area contributed by atoms with E-state index < -0.39 is 35.3 Å². The van der Waals surface area contributed by atoms with E-state index in [9.17, 15) is 29.1 Å². The van der Waals surface area contributed by atoms with Crippen molar-refractivity contribution in [1.29, 1.82) is 0 Å². The number of carbonyl (C=O) groups is 5. The van der Waals surface area contributed by atoms with Crippen LogP contribution in [0.3, 0.4) is 0 Å². The van der Waals surface area contributed by atoms with E-state index in [0.717, 1.165) is 25.7 Å². The summed E-state index contributed by atoms with van der Waals surface area (Å²) in [4.78, 5) is 63.9. The lowest BCUT2D eigenvalue weighted by Crippen LogP contribution is -2.44. The number of esters is 1. The van der Waals surface area contributed by atoms with Gasteiger partial charge < -0.3 is 19.8 Å². The zero-order chi connectivity index (χ0) is 27.3. The van der Waals surface area contributed by atoms with Crippen LogP contribution in [0.15, 0.2) is 58.5 Å². The van der Waals surface area contributed by atoms with Crippen molar-refractivity contribution < 1.29 is 38.9 Å². The van der Waals surface area contributed by atoms with Gasteiger partial charge in [0.05, 0.1) is 0 Å². The Hall–Kier alpha value is -3.75. The molecule has 2 N–H and O–H groups in total. The Morgan fingerprint density at radius 2 is 1.78 bits per heavy atom. The fourth-order valence-electron chi connectivity index (χ4n) is 4.83. The second-order valence-electron chi connectivity index (χ2n) is 9.53. The lowest BCUT2D eigenvalue weighted by Gasteiger charge is -2.36. The van der Waals surface area contributed by atoms with E-state index in [-0.39, 0.29) is 41.8 Å². The molecule has 0 spiro atoms. The van der Waals surface area contributed by atoms with Gasteiger partial charge in [0.1, 0.15) is 11.6 Å². The molecule has 0 aromatic heterocycles. The first-order chi connectivity index (χ1) is 17.5. The van der Waals surface area contributed by atoms with Crippen LogP contribution in [0.1, 0.15) is 72.1 Å². The number of rotatable bonds is 13. The second-order valence-corrected chi connectivity index (χ2v) is 9.53. The highest BCUT2D eigenvalue weighted by atomic mass is 16.6. The second kappa shape index (κ2) is 11.5. The molecule has 198 valence electrons. The molecule has 0 amide bonds. The summed E-state index contributed by atoms with van der Waals surface area (Å²) in [6.07, 6.45) is 12.2. The molecule has 37 heavy (non-hydrogen) atoms. The predicted molar refractivity (Wildman–Crippen MR) is 134 cm³/mol. The molecule has 2 heterocycles. The number of ether oxygens (including phenoxy) is 1. The smallest absolute Gasteiger partial charge is 0.343 e. The average Bonchev–Trinajstić information content (AvgIpc) is 3.09. The quantitative estimate of drug-likeness (QED) is 0.213. The monoisotopic (exact) mass is 511 g/mol. The van der Waals surface area contributed by atoms with E-state index >= 15 is 0 Å². The van der Waals surface area contributed by atoms with Crippen molar-refractivity contribution in [3.05, 3.63) is 58.5 Å². The van der Waals surface area contributed by atoms with E-state index in [1.54, 1.807) is 31.2 Å². The SMILES string of the molecule is C/C=C/C1=CC2=CC3=C(C(=O)CCCCCCC)C(=O)OC3(C)C(=O)C2=CN1C(CCC(=O)O)C(=O)O. The van der Waals surface area contributed by atoms with Gasteiger partial charge in [-0.1, -0.05) is 38.7 Å². The number of allylic oxidation sites excluding steroid dienone is 4. The summed E-state index contributed by atoms with van der Waals surface area (Å²) >= 11 is 0. The van der Waals surface area contributed by atoms with Gasteiger partial charge in [-0.2, -0.15) is 0 Å². The maximum Gasteiger partial charge on any atom is 0.343 e. The number of fused-ring (bicyclic) bond motifs is 2.